The summed E-state index contributed by atoms with van der Waals surface area (Å²) < 4.78 is 0. The van der Waals surface area contributed by atoms with Crippen molar-refractivity contribution in [3.8, 4) is 0 Å². The van der Waals surface area contributed by atoms with Crippen molar-refractivity contribution in [1.82, 2.24) is 10.2 Å². The maximum Gasteiger partial charge on any atom is 0.217 e. The van der Waals surface area contributed by atoms with Crippen LogP contribution in [0.25, 0.3) is 0 Å². The summed E-state index contributed by atoms with van der Waals surface area (Å²) in [5.41, 5.74) is 3.17. The molecule has 25 heavy (non-hydrogen) atoms. The van der Waals surface area contributed by atoms with Gasteiger partial charge in [-0.3, -0.25) is 4.79 Å². The van der Waals surface area contributed by atoms with Crippen LogP contribution in [-0.4, -0.2) is 29.9 Å². The van der Waals surface area contributed by atoms with Gasteiger partial charge >= 0.3 is 0 Å². The summed E-state index contributed by atoms with van der Waals surface area (Å²) in [6.07, 6.45) is 9.54. The molecule has 1 aromatic carbocycles. The largest absolute Gasteiger partial charge is 0.349 e. The van der Waals surface area contributed by atoms with Crippen molar-refractivity contribution in [2.24, 2.45) is 11.8 Å². The van der Waals surface area contributed by atoms with Gasteiger partial charge in [-0.2, -0.15) is 0 Å². The van der Waals surface area contributed by atoms with Crippen LogP contribution in [0.1, 0.15) is 69.0 Å². The van der Waals surface area contributed by atoms with E-state index in [4.69, 9.17) is 0 Å². The number of benzene rings is 1. The number of likely N-dealkylation sites (tertiary alicyclic amines) is 1. The van der Waals surface area contributed by atoms with Crippen LogP contribution in [-0.2, 0) is 10.2 Å². The van der Waals surface area contributed by atoms with Crippen molar-refractivity contribution in [3.63, 3.8) is 0 Å². The van der Waals surface area contributed by atoms with Crippen molar-refractivity contribution >= 4 is 5.91 Å². The highest BCUT2D eigenvalue weighted by atomic mass is 16.1. The minimum atomic E-state index is 0.0938. The fourth-order valence-corrected chi connectivity index (χ4v) is 6.68. The van der Waals surface area contributed by atoms with Crippen LogP contribution in [0.3, 0.4) is 0 Å². The van der Waals surface area contributed by atoms with Gasteiger partial charge in [0, 0.05) is 18.4 Å². The number of carbonyl (C=O) groups excluding carboxylic acids is 1. The molecule has 0 unspecified atom stereocenters. The van der Waals surface area contributed by atoms with Gasteiger partial charge in [0.15, 0.2) is 0 Å². The SMILES string of the molecule is CC(=O)N[C@@H]1CC2(CCN([C@@H]3C[C@H]4CC[C@@H]3C4)CC2)c2ccccc21. The molecule has 3 nitrogen and oxygen atoms in total. The highest BCUT2D eigenvalue weighted by molar-refractivity contribution is 5.73. The zero-order valence-electron chi connectivity index (χ0n) is 15.3. The minimum absolute atomic E-state index is 0.0938. The zero-order valence-corrected chi connectivity index (χ0v) is 15.3. The van der Waals surface area contributed by atoms with E-state index in [-0.39, 0.29) is 17.4 Å². The Bertz CT molecular complexity index is 676. The number of nitrogens with one attached hydrogen (secondary N) is 1. The predicted octanol–water partition coefficient (Wildman–Crippen LogP) is 3.79. The van der Waals surface area contributed by atoms with E-state index in [1.165, 1.54) is 62.7 Å². The second kappa shape index (κ2) is 5.84. The smallest absolute Gasteiger partial charge is 0.217 e. The predicted molar refractivity (Wildman–Crippen MR) is 99.3 cm³/mol. The third-order valence-electron chi connectivity index (χ3n) is 7.80. The molecule has 134 valence electrons. The summed E-state index contributed by atoms with van der Waals surface area (Å²) in [5.74, 6) is 2.11. The lowest BCUT2D eigenvalue weighted by atomic mass is 9.73. The molecule has 3 aliphatic carbocycles. The highest BCUT2D eigenvalue weighted by Gasteiger charge is 2.48. The summed E-state index contributed by atoms with van der Waals surface area (Å²) >= 11 is 0. The molecule has 2 bridgehead atoms. The molecule has 1 amide bonds. The number of hydrogen-bond acceptors (Lipinski definition) is 2. The van der Waals surface area contributed by atoms with Crippen LogP contribution in [0.15, 0.2) is 24.3 Å². The van der Waals surface area contributed by atoms with E-state index < -0.39 is 0 Å². The summed E-state index contributed by atoms with van der Waals surface area (Å²) in [6.45, 7) is 4.13. The topological polar surface area (TPSA) is 32.3 Å². The average Bonchev–Trinajstić information content (AvgIpc) is 3.31. The molecular formula is C22H30N2O. The van der Waals surface area contributed by atoms with Gasteiger partial charge in [0.25, 0.3) is 0 Å². The Balaban J connectivity index is 1.34. The lowest BCUT2D eigenvalue weighted by Crippen LogP contribution is -2.48. The second-order valence-corrected chi connectivity index (χ2v) is 9.10. The minimum Gasteiger partial charge on any atom is -0.349 e. The summed E-state index contributed by atoms with van der Waals surface area (Å²) in [7, 11) is 0. The van der Waals surface area contributed by atoms with Gasteiger partial charge in [-0.15, -0.1) is 0 Å². The van der Waals surface area contributed by atoms with Gasteiger partial charge in [-0.05, 0) is 74.6 Å². The Labute approximate surface area is 151 Å². The number of fused-ring (bicyclic) bond motifs is 4. The lowest BCUT2D eigenvalue weighted by molar-refractivity contribution is -0.119. The first kappa shape index (κ1) is 15.9. The fraction of sp³-hybridized carbons (Fsp3) is 0.682. The van der Waals surface area contributed by atoms with Crippen LogP contribution in [0.4, 0.5) is 0 Å². The lowest BCUT2D eigenvalue weighted by Gasteiger charge is -2.44. The van der Waals surface area contributed by atoms with Crippen LogP contribution in [0.2, 0.25) is 0 Å². The number of amides is 1. The average molecular weight is 338 g/mol. The fourth-order valence-electron chi connectivity index (χ4n) is 6.68. The van der Waals surface area contributed by atoms with Crippen molar-refractivity contribution < 1.29 is 4.79 Å². The molecule has 3 fully saturated rings. The van der Waals surface area contributed by atoms with E-state index in [0.29, 0.717) is 0 Å². The molecule has 0 aromatic heterocycles. The van der Waals surface area contributed by atoms with E-state index in [0.717, 1.165) is 24.3 Å². The molecule has 1 spiro atoms. The number of hydrogen-bond donors (Lipinski definition) is 1. The molecule has 0 radical (unpaired) electrons. The summed E-state index contributed by atoms with van der Waals surface area (Å²) in [6, 6.07) is 9.94. The van der Waals surface area contributed by atoms with Gasteiger partial charge in [0.05, 0.1) is 6.04 Å². The summed E-state index contributed by atoms with van der Waals surface area (Å²) in [5, 5.41) is 3.21. The molecule has 2 saturated carbocycles. The number of piperidine rings is 1. The second-order valence-electron chi connectivity index (χ2n) is 9.10. The third kappa shape index (κ3) is 2.54. The molecule has 3 heteroatoms. The zero-order chi connectivity index (χ0) is 17.0. The number of nitrogens with zero attached hydrogens (tertiary/aromatic N) is 1. The summed E-state index contributed by atoms with van der Waals surface area (Å²) in [4.78, 5) is 14.5. The Kier molecular flexibility index (Phi) is 3.70. The van der Waals surface area contributed by atoms with Crippen LogP contribution in [0.5, 0.6) is 0 Å². The maximum absolute atomic E-state index is 11.7. The molecule has 1 aliphatic heterocycles. The third-order valence-corrected chi connectivity index (χ3v) is 7.80. The van der Waals surface area contributed by atoms with Crippen LogP contribution < -0.4 is 5.32 Å². The van der Waals surface area contributed by atoms with Gasteiger partial charge in [0.1, 0.15) is 0 Å². The van der Waals surface area contributed by atoms with Crippen LogP contribution in [0, 0.1) is 11.8 Å². The van der Waals surface area contributed by atoms with Crippen molar-refractivity contribution in [2.45, 2.75) is 69.4 Å². The highest BCUT2D eigenvalue weighted by Crippen LogP contribution is 2.53. The van der Waals surface area contributed by atoms with Gasteiger partial charge in [0.2, 0.25) is 5.91 Å². The van der Waals surface area contributed by atoms with Gasteiger partial charge < -0.3 is 10.2 Å². The Morgan fingerprint density at radius 3 is 2.64 bits per heavy atom. The number of rotatable bonds is 2. The molecular weight excluding hydrogens is 308 g/mol. The first-order valence-electron chi connectivity index (χ1n) is 10.3. The van der Waals surface area contributed by atoms with Crippen molar-refractivity contribution in [1.29, 1.82) is 0 Å². The Hall–Kier alpha value is -1.35. The van der Waals surface area contributed by atoms with E-state index in [9.17, 15) is 4.79 Å². The maximum atomic E-state index is 11.7. The van der Waals surface area contributed by atoms with E-state index in [1.54, 1.807) is 6.92 Å². The van der Waals surface area contributed by atoms with E-state index in [1.807, 2.05) is 0 Å². The molecule has 4 atom stereocenters. The molecule has 1 N–H and O–H groups in total. The van der Waals surface area contributed by atoms with E-state index >= 15 is 0 Å². The Morgan fingerprint density at radius 1 is 1.16 bits per heavy atom. The van der Waals surface area contributed by atoms with Crippen molar-refractivity contribution in [2.75, 3.05) is 13.1 Å². The van der Waals surface area contributed by atoms with E-state index in [2.05, 4.69) is 34.5 Å². The van der Waals surface area contributed by atoms with Crippen LogP contribution >= 0.6 is 0 Å². The monoisotopic (exact) mass is 338 g/mol. The van der Waals surface area contributed by atoms with Crippen molar-refractivity contribution in [3.05, 3.63) is 35.4 Å². The normalized spacial score (nSPS) is 35.9. The number of carbonyl (C=O) groups is 1. The molecule has 1 saturated heterocycles. The quantitative estimate of drug-likeness (QED) is 0.890. The molecule has 1 heterocycles. The Morgan fingerprint density at radius 2 is 1.96 bits per heavy atom. The molecule has 1 aromatic rings. The van der Waals surface area contributed by atoms with Gasteiger partial charge in [-0.25, -0.2) is 0 Å². The van der Waals surface area contributed by atoms with Gasteiger partial charge in [-0.1, -0.05) is 30.7 Å². The first-order chi connectivity index (χ1) is 12.1. The standard InChI is InChI=1S/C22H30N2O/c1-15(25)23-20-14-22(19-5-3-2-4-18(19)20)8-10-24(11-9-22)21-13-16-6-7-17(21)12-16/h2-5,16-17,20-21H,6-14H2,1H3,(H,23,25)/t16-,17+,20+,21+/m0/s1. The molecule has 5 rings (SSSR count). The molecule has 4 aliphatic rings. The first-order valence-corrected chi connectivity index (χ1v) is 10.3.